The highest BCUT2D eigenvalue weighted by molar-refractivity contribution is 6.04. The number of benzene rings is 1. The van der Waals surface area contributed by atoms with Gasteiger partial charge in [0.25, 0.3) is 0 Å². The fourth-order valence-corrected chi connectivity index (χ4v) is 6.19. The number of hydrogen-bond acceptors (Lipinski definition) is 10. The first-order valence-electron chi connectivity index (χ1n) is 15.5. The third-order valence-electron chi connectivity index (χ3n) is 8.80. The van der Waals surface area contributed by atoms with Gasteiger partial charge in [0, 0.05) is 42.1 Å². The Morgan fingerprint density at radius 2 is 1.91 bits per heavy atom. The maximum Gasteiger partial charge on any atom is 0.341 e. The maximum atomic E-state index is 13.5. The molecule has 3 N–H and O–H groups in total. The predicted octanol–water partition coefficient (Wildman–Crippen LogP) is 5.63. The van der Waals surface area contributed by atoms with Crippen molar-refractivity contribution in [3.8, 4) is 5.88 Å². The fourth-order valence-electron chi connectivity index (χ4n) is 6.19. The number of fused-ring (bicyclic) bond motifs is 3. The molecule has 5 rings (SSSR count). The van der Waals surface area contributed by atoms with Crippen molar-refractivity contribution in [2.24, 2.45) is 5.92 Å². The van der Waals surface area contributed by atoms with Gasteiger partial charge in [-0.25, -0.2) is 9.78 Å². The van der Waals surface area contributed by atoms with Crippen molar-refractivity contribution in [1.29, 1.82) is 10.8 Å². The van der Waals surface area contributed by atoms with Crippen LogP contribution in [0.25, 0.3) is 10.9 Å². The number of amides is 1. The van der Waals surface area contributed by atoms with E-state index in [1.807, 2.05) is 37.3 Å². The summed E-state index contributed by atoms with van der Waals surface area (Å²) in [5.41, 5.74) is 1.57. The normalized spacial score (nSPS) is 19.4. The predicted molar refractivity (Wildman–Crippen MR) is 168 cm³/mol. The van der Waals surface area contributed by atoms with E-state index in [-0.39, 0.29) is 41.3 Å². The summed E-state index contributed by atoms with van der Waals surface area (Å²) >= 11 is 0. The number of rotatable bonds is 12. The second-order valence-electron chi connectivity index (χ2n) is 11.7. The Morgan fingerprint density at radius 1 is 1.13 bits per heavy atom. The van der Waals surface area contributed by atoms with E-state index in [2.05, 4.69) is 15.3 Å². The van der Waals surface area contributed by atoms with E-state index in [0.717, 1.165) is 23.8 Å². The molecule has 3 aromatic rings. The number of para-hydroxylation sites is 1. The Labute approximate surface area is 262 Å². The monoisotopic (exact) mass is 613 g/mol. The van der Waals surface area contributed by atoms with Gasteiger partial charge in [0.05, 0.1) is 23.8 Å². The molecule has 0 saturated heterocycles. The van der Waals surface area contributed by atoms with Crippen molar-refractivity contribution >= 4 is 40.4 Å². The molecule has 2 aliphatic rings. The summed E-state index contributed by atoms with van der Waals surface area (Å²) in [4.78, 5) is 46.2. The molecule has 1 fully saturated rings. The van der Waals surface area contributed by atoms with E-state index in [1.165, 1.54) is 13.3 Å². The minimum absolute atomic E-state index is 0.203. The molecule has 3 heterocycles. The van der Waals surface area contributed by atoms with Crippen LogP contribution >= 0.6 is 0 Å². The minimum atomic E-state index is -0.772. The molecule has 1 aromatic carbocycles. The van der Waals surface area contributed by atoms with Crippen molar-refractivity contribution in [1.82, 2.24) is 15.3 Å². The molecule has 0 radical (unpaired) electrons. The number of ether oxygens (including phenoxy) is 3. The Hall–Kier alpha value is -4.67. The molecule has 0 bridgehead atoms. The second-order valence-corrected chi connectivity index (χ2v) is 11.7. The van der Waals surface area contributed by atoms with Crippen molar-refractivity contribution in [2.45, 2.75) is 82.8 Å². The first kappa shape index (κ1) is 31.7. The van der Waals surface area contributed by atoms with Gasteiger partial charge in [-0.3, -0.25) is 25.4 Å². The number of Topliss-reactive ketones (excluding diaryl/α,β-unsaturated/α-hetero) is 1. The van der Waals surface area contributed by atoms with Crippen LogP contribution in [0.3, 0.4) is 0 Å². The van der Waals surface area contributed by atoms with Gasteiger partial charge in [-0.15, -0.1) is 0 Å². The summed E-state index contributed by atoms with van der Waals surface area (Å²) in [6.07, 6.45) is 8.82. The average Bonchev–Trinajstić information content (AvgIpc) is 3.33. The molecule has 1 atom stereocenters. The van der Waals surface area contributed by atoms with E-state index < -0.39 is 11.6 Å². The van der Waals surface area contributed by atoms with Gasteiger partial charge in [-0.1, -0.05) is 38.0 Å². The Morgan fingerprint density at radius 3 is 2.67 bits per heavy atom. The van der Waals surface area contributed by atoms with Crippen LogP contribution in [0.1, 0.15) is 92.6 Å². The van der Waals surface area contributed by atoms with E-state index in [9.17, 15) is 14.4 Å². The zero-order valence-corrected chi connectivity index (χ0v) is 25.7. The smallest absolute Gasteiger partial charge is 0.341 e. The molecule has 45 heavy (non-hydrogen) atoms. The Balaban J connectivity index is 1.25. The Bertz CT molecular complexity index is 1610. The van der Waals surface area contributed by atoms with Crippen LogP contribution in [-0.2, 0) is 24.7 Å². The van der Waals surface area contributed by atoms with Crippen LogP contribution in [0.5, 0.6) is 5.88 Å². The number of nitrogens with one attached hydrogen (secondary N) is 3. The van der Waals surface area contributed by atoms with Gasteiger partial charge in [0.1, 0.15) is 17.4 Å². The lowest BCUT2D eigenvalue weighted by molar-refractivity contribution is -0.128. The van der Waals surface area contributed by atoms with Crippen LogP contribution in [0.15, 0.2) is 48.8 Å². The molecule has 1 spiro atoms. The van der Waals surface area contributed by atoms with E-state index in [4.69, 9.17) is 25.0 Å². The number of methoxy groups -OCH3 is 1. The number of esters is 1. The summed E-state index contributed by atoms with van der Waals surface area (Å²) in [6.45, 7) is 1.85. The lowest BCUT2D eigenvalue weighted by atomic mass is 9.75. The molecule has 11 nitrogen and oxygen atoms in total. The minimum Gasteiger partial charge on any atom is -0.480 e. The molecule has 1 amide bonds. The van der Waals surface area contributed by atoms with Crippen LogP contribution in [0, 0.1) is 16.7 Å². The number of carbonyl (C=O) groups excluding carboxylic acids is 3. The number of aromatic nitrogens is 2. The van der Waals surface area contributed by atoms with Crippen LogP contribution in [0.2, 0.25) is 0 Å². The number of hydrogen-bond donors (Lipinski definition) is 3. The van der Waals surface area contributed by atoms with Crippen molar-refractivity contribution in [2.75, 3.05) is 7.11 Å². The summed E-state index contributed by atoms with van der Waals surface area (Å²) in [7, 11) is 1.46. The van der Waals surface area contributed by atoms with Gasteiger partial charge in [-0.2, -0.15) is 0 Å². The van der Waals surface area contributed by atoms with Crippen LogP contribution in [0.4, 0.5) is 0 Å². The van der Waals surface area contributed by atoms with Gasteiger partial charge in [-0.05, 0) is 56.7 Å². The lowest BCUT2D eigenvalue weighted by Crippen LogP contribution is -2.46. The summed E-state index contributed by atoms with van der Waals surface area (Å²) in [5, 5.41) is 21.2. The second kappa shape index (κ2) is 14.0. The van der Waals surface area contributed by atoms with Crippen LogP contribution in [-0.4, -0.2) is 52.6 Å². The lowest BCUT2D eigenvalue weighted by Gasteiger charge is -2.36. The highest BCUT2D eigenvalue weighted by Crippen LogP contribution is 2.47. The van der Waals surface area contributed by atoms with E-state index >= 15 is 0 Å². The summed E-state index contributed by atoms with van der Waals surface area (Å²) in [6, 6.07) is 10.2. The van der Waals surface area contributed by atoms with Gasteiger partial charge in [0.2, 0.25) is 23.6 Å². The SMILES string of the molecule is CCC(=O)CCCCC[C@H](NC(=O)[C@H]1CC[C@@]2(CC1)OC(=O)c1cnccc12)C(=N)OC(=N)c1cc2ccccc2nc1OC. The van der Waals surface area contributed by atoms with Gasteiger partial charge < -0.3 is 19.5 Å². The molecule has 1 saturated carbocycles. The third-order valence-corrected chi connectivity index (χ3v) is 8.80. The van der Waals surface area contributed by atoms with Gasteiger partial charge in [0.15, 0.2) is 0 Å². The zero-order chi connectivity index (χ0) is 32.0. The molecule has 236 valence electrons. The average molecular weight is 614 g/mol. The molecule has 1 aliphatic heterocycles. The standard InChI is InChI=1S/C34H39N5O6/c1-3-23(40)10-5-4-6-12-28(30(36)44-29(35)24-19-22-9-7-8-11-27(22)39-32(24)43-2)38-31(41)21-13-16-34(17-14-21)26-15-18-37-20-25(26)33(42)45-34/h7-9,11,15,18-21,28,35-36H,3-6,10,12-14,16-17H2,1-2H3,(H,38,41)/t21-,28-,34-/m0/s1. The third kappa shape index (κ3) is 7.02. The number of unbranched alkanes of at least 4 members (excludes halogenated alkanes) is 2. The Kier molecular flexibility index (Phi) is 9.85. The number of nitrogens with zero attached hydrogens (tertiary/aromatic N) is 2. The van der Waals surface area contributed by atoms with Crippen molar-refractivity contribution < 1.29 is 28.6 Å². The molecular weight excluding hydrogens is 574 g/mol. The maximum absolute atomic E-state index is 13.5. The molecule has 1 aliphatic carbocycles. The number of ketones is 1. The highest BCUT2D eigenvalue weighted by atomic mass is 16.6. The molecule has 11 heteroatoms. The fraction of sp³-hybridized carbons (Fsp3) is 0.441. The summed E-state index contributed by atoms with van der Waals surface area (Å²) < 4.78 is 17.0. The number of pyridine rings is 2. The molecule has 0 unspecified atom stereocenters. The topological polar surface area (TPSA) is 164 Å². The summed E-state index contributed by atoms with van der Waals surface area (Å²) in [5.74, 6) is -1.07. The van der Waals surface area contributed by atoms with Crippen LogP contribution < -0.4 is 10.1 Å². The van der Waals surface area contributed by atoms with E-state index in [0.29, 0.717) is 68.0 Å². The molecule has 2 aromatic heterocycles. The number of carbonyl (C=O) groups is 3. The highest BCUT2D eigenvalue weighted by Gasteiger charge is 2.48. The van der Waals surface area contributed by atoms with Crippen molar-refractivity contribution in [3.05, 3.63) is 65.5 Å². The first-order valence-corrected chi connectivity index (χ1v) is 15.5. The molecular formula is C34H39N5O6. The largest absolute Gasteiger partial charge is 0.480 e. The van der Waals surface area contributed by atoms with Crippen molar-refractivity contribution in [3.63, 3.8) is 0 Å². The first-order chi connectivity index (χ1) is 21.7. The van der Waals surface area contributed by atoms with Gasteiger partial charge >= 0.3 is 5.97 Å². The van der Waals surface area contributed by atoms with E-state index in [1.54, 1.807) is 12.3 Å². The zero-order valence-electron chi connectivity index (χ0n) is 25.7. The quantitative estimate of drug-likeness (QED) is 0.102.